The van der Waals surface area contributed by atoms with Crippen LogP contribution in [0.5, 0.6) is 0 Å². The van der Waals surface area contributed by atoms with Crippen molar-refractivity contribution in [1.82, 2.24) is 4.90 Å². The number of carbonyl (C=O) groups excluding carboxylic acids is 1. The van der Waals surface area contributed by atoms with Gasteiger partial charge in [0.25, 0.3) is 0 Å². The first-order chi connectivity index (χ1) is 9.40. The minimum Gasteiger partial charge on any atom is -0.342 e. The molecule has 0 aromatic rings. The van der Waals surface area contributed by atoms with Crippen molar-refractivity contribution in [2.24, 2.45) is 11.7 Å². The summed E-state index contributed by atoms with van der Waals surface area (Å²) in [4.78, 5) is 13.9. The number of piperidine rings is 1. The lowest BCUT2D eigenvalue weighted by atomic mass is 9.91. The first-order valence-electron chi connectivity index (χ1n) is 7.65. The number of amides is 1. The fourth-order valence-corrected chi connectivity index (χ4v) is 5.12. The quantitative estimate of drug-likeness (QED) is 0.837. The number of likely N-dealkylation sites (tertiary alicyclic amines) is 1. The largest absolute Gasteiger partial charge is 0.342 e. The van der Waals surface area contributed by atoms with Gasteiger partial charge in [-0.1, -0.05) is 12.8 Å². The van der Waals surface area contributed by atoms with Crippen molar-refractivity contribution in [2.75, 3.05) is 18.8 Å². The van der Waals surface area contributed by atoms with Gasteiger partial charge in [-0.2, -0.15) is 0 Å². The summed E-state index contributed by atoms with van der Waals surface area (Å²) in [5.74, 6) is -0.0777. The van der Waals surface area contributed by atoms with Crippen LogP contribution in [-0.2, 0) is 14.6 Å². The van der Waals surface area contributed by atoms with Crippen molar-refractivity contribution < 1.29 is 13.2 Å². The number of nitrogens with two attached hydrogens (primary N) is 1. The van der Waals surface area contributed by atoms with Crippen LogP contribution in [0.25, 0.3) is 0 Å². The molecule has 1 saturated heterocycles. The summed E-state index contributed by atoms with van der Waals surface area (Å²) >= 11 is 0. The average Bonchev–Trinajstić information content (AvgIpc) is 2.93. The molecule has 0 radical (unpaired) electrons. The Hall–Kier alpha value is -0.620. The second-order valence-electron chi connectivity index (χ2n) is 6.29. The fraction of sp³-hybridized carbons (Fsp3) is 0.929. The van der Waals surface area contributed by atoms with E-state index in [0.717, 1.165) is 38.5 Å². The molecule has 0 aromatic carbocycles. The van der Waals surface area contributed by atoms with Crippen molar-refractivity contribution in [3.05, 3.63) is 0 Å². The first-order valence-corrected chi connectivity index (χ1v) is 9.36. The van der Waals surface area contributed by atoms with Crippen molar-refractivity contribution in [3.63, 3.8) is 0 Å². The highest BCUT2D eigenvalue weighted by Crippen LogP contribution is 2.26. The smallest absolute Gasteiger partial charge is 0.237 e. The Bertz CT molecular complexity index is 433. The van der Waals surface area contributed by atoms with Crippen molar-refractivity contribution >= 4 is 15.7 Å². The Labute approximate surface area is 121 Å². The van der Waals surface area contributed by atoms with E-state index < -0.39 is 9.84 Å². The van der Waals surface area contributed by atoms with Gasteiger partial charge in [0.2, 0.25) is 5.91 Å². The Balaban J connectivity index is 1.86. The monoisotopic (exact) mass is 302 g/mol. The molecule has 1 amide bonds. The van der Waals surface area contributed by atoms with Crippen LogP contribution in [0.1, 0.15) is 45.4 Å². The van der Waals surface area contributed by atoms with E-state index in [1.165, 1.54) is 0 Å². The topological polar surface area (TPSA) is 80.5 Å². The second kappa shape index (κ2) is 6.43. The summed E-state index contributed by atoms with van der Waals surface area (Å²) in [6.07, 6.45) is 5.15. The molecule has 2 N–H and O–H groups in total. The molecule has 1 unspecified atom stereocenters. The Morgan fingerprint density at radius 1 is 1.20 bits per heavy atom. The molecule has 20 heavy (non-hydrogen) atoms. The van der Waals surface area contributed by atoms with E-state index in [4.69, 9.17) is 5.73 Å². The summed E-state index contributed by atoms with van der Waals surface area (Å²) in [5.41, 5.74) is 5.87. The lowest BCUT2D eigenvalue weighted by molar-refractivity contribution is -0.129. The van der Waals surface area contributed by atoms with Gasteiger partial charge in [0, 0.05) is 19.1 Å². The summed E-state index contributed by atoms with van der Waals surface area (Å²) in [7, 11) is -3.25. The lowest BCUT2D eigenvalue weighted by Gasteiger charge is -2.33. The van der Waals surface area contributed by atoms with Crippen LogP contribution in [0.15, 0.2) is 0 Å². The van der Waals surface area contributed by atoms with Crippen LogP contribution in [0.2, 0.25) is 0 Å². The van der Waals surface area contributed by atoms with Crippen LogP contribution >= 0.6 is 0 Å². The fourth-order valence-electron chi connectivity index (χ4n) is 3.30. The molecular formula is C14H26N2O3S. The number of rotatable bonds is 4. The van der Waals surface area contributed by atoms with Gasteiger partial charge in [0.15, 0.2) is 9.84 Å². The Kier molecular flexibility index (Phi) is 5.07. The van der Waals surface area contributed by atoms with Gasteiger partial charge >= 0.3 is 0 Å². The van der Waals surface area contributed by atoms with Gasteiger partial charge < -0.3 is 10.6 Å². The third-order valence-electron chi connectivity index (χ3n) is 4.77. The SMILES string of the molecule is CC(N)C1CCN(C(=O)CS(=O)(=O)C2CCCC2)CC1. The van der Waals surface area contributed by atoms with Gasteiger partial charge in [-0.3, -0.25) is 4.79 Å². The first kappa shape index (κ1) is 15.8. The van der Waals surface area contributed by atoms with Gasteiger partial charge in [-0.25, -0.2) is 8.42 Å². The van der Waals surface area contributed by atoms with E-state index in [0.29, 0.717) is 19.0 Å². The van der Waals surface area contributed by atoms with Crippen molar-refractivity contribution in [2.45, 2.75) is 56.7 Å². The maximum absolute atomic E-state index is 12.2. The molecule has 6 heteroatoms. The van der Waals surface area contributed by atoms with E-state index >= 15 is 0 Å². The zero-order valence-corrected chi connectivity index (χ0v) is 13.1. The third-order valence-corrected chi connectivity index (χ3v) is 6.91. The standard InChI is InChI=1S/C14H26N2O3S/c1-11(15)12-6-8-16(9-7-12)14(17)10-20(18,19)13-4-2-3-5-13/h11-13H,2-10,15H2,1H3. The zero-order chi connectivity index (χ0) is 14.8. The van der Waals surface area contributed by atoms with Gasteiger partial charge in [-0.15, -0.1) is 0 Å². The lowest BCUT2D eigenvalue weighted by Crippen LogP contribution is -2.45. The van der Waals surface area contributed by atoms with Crippen molar-refractivity contribution in [1.29, 1.82) is 0 Å². The van der Waals surface area contributed by atoms with Crippen LogP contribution in [0, 0.1) is 5.92 Å². The number of carbonyl (C=O) groups is 1. The molecular weight excluding hydrogens is 276 g/mol. The number of hydrogen-bond acceptors (Lipinski definition) is 4. The van der Waals surface area contributed by atoms with E-state index in [1.54, 1.807) is 4.90 Å². The maximum atomic E-state index is 12.2. The number of nitrogens with zero attached hydrogens (tertiary/aromatic N) is 1. The van der Waals surface area contributed by atoms with E-state index in [9.17, 15) is 13.2 Å². The summed E-state index contributed by atoms with van der Waals surface area (Å²) in [6.45, 7) is 3.28. The molecule has 0 bridgehead atoms. The zero-order valence-electron chi connectivity index (χ0n) is 12.3. The second-order valence-corrected chi connectivity index (χ2v) is 8.57. The molecule has 1 aliphatic heterocycles. The molecule has 0 aromatic heterocycles. The van der Waals surface area contributed by atoms with E-state index in [1.807, 2.05) is 6.92 Å². The summed E-state index contributed by atoms with van der Waals surface area (Å²) in [5, 5.41) is -0.284. The van der Waals surface area contributed by atoms with Crippen LogP contribution in [0.3, 0.4) is 0 Å². The third kappa shape index (κ3) is 3.73. The molecule has 5 nitrogen and oxygen atoms in total. The van der Waals surface area contributed by atoms with Gasteiger partial charge in [-0.05, 0) is 38.5 Å². The normalized spacial score (nSPS) is 24.0. The molecule has 1 saturated carbocycles. The minimum atomic E-state index is -3.25. The average molecular weight is 302 g/mol. The highest BCUT2D eigenvalue weighted by atomic mass is 32.2. The number of sulfone groups is 1. The molecule has 2 rings (SSSR count). The Morgan fingerprint density at radius 3 is 2.25 bits per heavy atom. The molecule has 1 heterocycles. The molecule has 0 spiro atoms. The van der Waals surface area contributed by atoms with E-state index in [-0.39, 0.29) is 23.0 Å². The molecule has 2 fully saturated rings. The molecule has 1 aliphatic carbocycles. The van der Waals surface area contributed by atoms with Gasteiger partial charge in [0.1, 0.15) is 5.75 Å². The van der Waals surface area contributed by atoms with E-state index in [2.05, 4.69) is 0 Å². The highest BCUT2D eigenvalue weighted by Gasteiger charge is 2.33. The maximum Gasteiger partial charge on any atom is 0.237 e. The number of hydrogen-bond donors (Lipinski definition) is 1. The Morgan fingerprint density at radius 2 is 1.75 bits per heavy atom. The van der Waals surface area contributed by atoms with Crippen LogP contribution < -0.4 is 5.73 Å². The van der Waals surface area contributed by atoms with Crippen molar-refractivity contribution in [3.8, 4) is 0 Å². The molecule has 116 valence electrons. The predicted octanol–water partition coefficient (Wildman–Crippen LogP) is 0.930. The predicted molar refractivity (Wildman–Crippen MR) is 79.0 cm³/mol. The van der Waals surface area contributed by atoms with Gasteiger partial charge in [0.05, 0.1) is 5.25 Å². The highest BCUT2D eigenvalue weighted by molar-refractivity contribution is 7.92. The summed E-state index contributed by atoms with van der Waals surface area (Å²) < 4.78 is 24.4. The van der Waals surface area contributed by atoms with Crippen LogP contribution in [-0.4, -0.2) is 49.4 Å². The molecule has 1 atom stereocenters. The minimum absolute atomic E-state index is 0.148. The van der Waals surface area contributed by atoms with Crippen LogP contribution in [0.4, 0.5) is 0 Å². The summed E-state index contributed by atoms with van der Waals surface area (Å²) in [6, 6.07) is 0.148. The molecule has 2 aliphatic rings.